The highest BCUT2D eigenvalue weighted by molar-refractivity contribution is 8.76. The smallest absolute Gasteiger partial charge is 0.249 e. The molecule has 0 spiro atoms. The van der Waals surface area contributed by atoms with Gasteiger partial charge >= 0.3 is 0 Å². The third-order valence-corrected chi connectivity index (χ3v) is 8.92. The van der Waals surface area contributed by atoms with E-state index in [0.29, 0.717) is 19.5 Å². The van der Waals surface area contributed by atoms with Crippen LogP contribution in [0.2, 0.25) is 0 Å². The van der Waals surface area contributed by atoms with Gasteiger partial charge in [0.25, 0.3) is 0 Å². The van der Waals surface area contributed by atoms with Gasteiger partial charge in [-0.15, -0.1) is 0 Å². The van der Waals surface area contributed by atoms with E-state index in [1.165, 1.54) is 0 Å². The van der Waals surface area contributed by atoms with E-state index in [1.54, 1.807) is 35.4 Å². The number of carbonyl (C=O) groups excluding carboxylic acids is 3. The number of nitrogens with one attached hydrogen (secondary N) is 3. The average Bonchev–Trinajstić information content (AvgIpc) is 3.03. The van der Waals surface area contributed by atoms with Crippen LogP contribution in [0.4, 0.5) is 0 Å². The maximum atomic E-state index is 12.3. The molecule has 0 aliphatic heterocycles. The minimum atomic E-state index is -1.24. The number of aliphatic hydroxyl groups is 1. The molecule has 48 heavy (non-hydrogen) atoms. The Hall–Kier alpha value is -2.53. The summed E-state index contributed by atoms with van der Waals surface area (Å²) in [7, 11) is 3.28. The number of allylic oxidation sites excluding steroid dienone is 11. The third kappa shape index (κ3) is 29.6. The Morgan fingerprint density at radius 1 is 0.646 bits per heavy atom. The minimum absolute atomic E-state index is 0.00863. The Bertz CT molecular complexity index is 1060. The summed E-state index contributed by atoms with van der Waals surface area (Å²) in [5.74, 6) is 0.846. The molecule has 0 heterocycles. The van der Waals surface area contributed by atoms with Crippen LogP contribution in [-0.2, 0) is 19.1 Å². The molecule has 0 fully saturated rings. The summed E-state index contributed by atoms with van der Waals surface area (Å²) in [6, 6.07) is 0. The van der Waals surface area contributed by atoms with Gasteiger partial charge in [-0.25, -0.2) is 0 Å². The molecule has 0 radical (unpaired) electrons. The standard InChI is InChI=1S/C38H63N3O5S2/c1-7-8-9-10-11-12-13-14-15-16-17-18-19-20-21-22-23-24-25-33(42)39-28-30-47-48-31-29-40-34(43)26-27-41-36(45)35(44)38(5,6)32-46-37(2,3)4/h8-9,11-12,14-15,17-18,20-21,23-24,35,44H,7,10,13,16,19,22,25-32H2,1-6H3,(H,39,42)(H,40,43)(H,41,45)/b9-8-,12-11-,15-14-,18-17-,21-20-,24-23-/t35-/m0/s1. The minimum Gasteiger partial charge on any atom is -0.383 e. The highest BCUT2D eigenvalue weighted by Gasteiger charge is 2.35. The van der Waals surface area contributed by atoms with Crippen molar-refractivity contribution in [3.63, 3.8) is 0 Å². The normalized spacial score (nSPS) is 13.6. The summed E-state index contributed by atoms with van der Waals surface area (Å²) in [5.41, 5.74) is -1.12. The number of rotatable bonds is 27. The lowest BCUT2D eigenvalue weighted by Gasteiger charge is -2.32. The number of amides is 3. The lowest BCUT2D eigenvalue weighted by atomic mass is 9.86. The first-order valence-corrected chi connectivity index (χ1v) is 19.7. The van der Waals surface area contributed by atoms with Crippen LogP contribution in [-0.4, -0.2) is 72.3 Å². The van der Waals surface area contributed by atoms with E-state index in [2.05, 4.69) is 83.6 Å². The molecule has 1 atom stereocenters. The van der Waals surface area contributed by atoms with Crippen LogP contribution < -0.4 is 16.0 Å². The van der Waals surface area contributed by atoms with Crippen molar-refractivity contribution < 1.29 is 24.2 Å². The largest absolute Gasteiger partial charge is 0.383 e. The summed E-state index contributed by atoms with van der Waals surface area (Å²) in [6.45, 7) is 12.9. The molecule has 272 valence electrons. The van der Waals surface area contributed by atoms with E-state index in [1.807, 2.05) is 32.9 Å². The fourth-order valence-electron chi connectivity index (χ4n) is 3.69. The van der Waals surface area contributed by atoms with Gasteiger partial charge in [-0.05, 0) is 59.3 Å². The molecule has 8 nitrogen and oxygen atoms in total. The van der Waals surface area contributed by atoms with Gasteiger partial charge in [0.1, 0.15) is 6.10 Å². The van der Waals surface area contributed by atoms with Crippen LogP contribution in [0.1, 0.15) is 92.9 Å². The number of carbonyl (C=O) groups is 3. The third-order valence-electron chi connectivity index (χ3n) is 6.52. The van der Waals surface area contributed by atoms with Crippen LogP contribution in [0.3, 0.4) is 0 Å². The Balaban J connectivity index is 3.75. The van der Waals surface area contributed by atoms with Crippen LogP contribution in [0.5, 0.6) is 0 Å². The van der Waals surface area contributed by atoms with E-state index in [0.717, 1.165) is 50.0 Å². The number of hydrogen-bond acceptors (Lipinski definition) is 7. The Kier molecular flexibility index (Phi) is 27.8. The fourth-order valence-corrected chi connectivity index (χ4v) is 5.50. The molecule has 0 saturated carbocycles. The van der Waals surface area contributed by atoms with Crippen molar-refractivity contribution in [1.29, 1.82) is 0 Å². The Morgan fingerprint density at radius 3 is 1.54 bits per heavy atom. The molecule has 0 rings (SSSR count). The van der Waals surface area contributed by atoms with Gasteiger partial charge in [0.05, 0.1) is 12.2 Å². The van der Waals surface area contributed by atoms with Gasteiger partial charge in [-0.3, -0.25) is 14.4 Å². The Morgan fingerprint density at radius 2 is 1.08 bits per heavy atom. The van der Waals surface area contributed by atoms with Crippen molar-refractivity contribution >= 4 is 39.3 Å². The van der Waals surface area contributed by atoms with Crippen molar-refractivity contribution in [2.45, 2.75) is 105 Å². The molecule has 0 aromatic rings. The van der Waals surface area contributed by atoms with Gasteiger partial charge in [0.2, 0.25) is 17.7 Å². The van der Waals surface area contributed by atoms with Crippen LogP contribution in [0.25, 0.3) is 0 Å². The second-order valence-corrected chi connectivity index (χ2v) is 15.5. The summed E-state index contributed by atoms with van der Waals surface area (Å²) < 4.78 is 5.72. The van der Waals surface area contributed by atoms with Gasteiger partial charge in [-0.1, -0.05) is 115 Å². The highest BCUT2D eigenvalue weighted by atomic mass is 33.1. The number of hydrogen-bond donors (Lipinski definition) is 4. The van der Waals surface area contributed by atoms with Crippen LogP contribution >= 0.6 is 21.6 Å². The maximum Gasteiger partial charge on any atom is 0.249 e. The summed E-state index contributed by atoms with van der Waals surface area (Å²) in [5, 5.41) is 18.8. The van der Waals surface area contributed by atoms with E-state index in [4.69, 9.17) is 4.74 Å². The maximum absolute atomic E-state index is 12.3. The summed E-state index contributed by atoms with van der Waals surface area (Å²) in [6.07, 6.45) is 30.7. The first-order chi connectivity index (χ1) is 22.9. The first-order valence-electron chi connectivity index (χ1n) is 17.2. The number of aliphatic hydroxyl groups excluding tert-OH is 1. The van der Waals surface area contributed by atoms with Gasteiger partial charge in [0, 0.05) is 49.4 Å². The van der Waals surface area contributed by atoms with E-state index >= 15 is 0 Å². The van der Waals surface area contributed by atoms with Gasteiger partial charge < -0.3 is 25.8 Å². The topological polar surface area (TPSA) is 117 Å². The zero-order chi connectivity index (χ0) is 35.9. The van der Waals surface area contributed by atoms with Crippen molar-refractivity contribution in [2.24, 2.45) is 5.41 Å². The van der Waals surface area contributed by atoms with Crippen LogP contribution in [0, 0.1) is 5.41 Å². The quantitative estimate of drug-likeness (QED) is 0.0400. The van der Waals surface area contributed by atoms with Gasteiger partial charge in [-0.2, -0.15) is 0 Å². The van der Waals surface area contributed by atoms with E-state index < -0.39 is 17.4 Å². The molecular formula is C38H63N3O5S2. The summed E-state index contributed by atoms with van der Waals surface area (Å²) in [4.78, 5) is 36.4. The molecular weight excluding hydrogens is 643 g/mol. The second-order valence-electron chi connectivity index (χ2n) is 12.8. The molecule has 10 heteroatoms. The summed E-state index contributed by atoms with van der Waals surface area (Å²) >= 11 is 0. The lowest BCUT2D eigenvalue weighted by molar-refractivity contribution is -0.142. The van der Waals surface area contributed by atoms with Crippen molar-refractivity contribution in [2.75, 3.05) is 37.7 Å². The molecule has 0 aliphatic carbocycles. The SMILES string of the molecule is CC/C=C\C/C=C\C/C=C\C/C=C\C/C=C\C/C=C\CC(=O)NCCSSCCNC(=O)CCNC(=O)[C@H](O)C(C)(C)COC(C)(C)C. The lowest BCUT2D eigenvalue weighted by Crippen LogP contribution is -2.47. The molecule has 0 saturated heterocycles. The monoisotopic (exact) mass is 705 g/mol. The average molecular weight is 706 g/mol. The Labute approximate surface area is 299 Å². The van der Waals surface area contributed by atoms with Gasteiger partial charge in [0.15, 0.2) is 0 Å². The van der Waals surface area contributed by atoms with Crippen LogP contribution in [0.15, 0.2) is 72.9 Å². The molecule has 0 aromatic heterocycles. The molecule has 0 aromatic carbocycles. The van der Waals surface area contributed by atoms with Crippen molar-refractivity contribution in [3.8, 4) is 0 Å². The molecule has 3 amide bonds. The molecule has 4 N–H and O–H groups in total. The highest BCUT2D eigenvalue weighted by Crippen LogP contribution is 2.24. The zero-order valence-corrected chi connectivity index (χ0v) is 31.9. The molecule has 0 aliphatic rings. The number of ether oxygens (including phenoxy) is 1. The molecule has 0 unspecified atom stereocenters. The zero-order valence-electron chi connectivity index (χ0n) is 30.3. The van der Waals surface area contributed by atoms with E-state index in [9.17, 15) is 19.5 Å². The second kappa shape index (κ2) is 29.4. The van der Waals surface area contributed by atoms with E-state index in [-0.39, 0.29) is 37.0 Å². The fraction of sp³-hybridized carbons (Fsp3) is 0.605. The van der Waals surface area contributed by atoms with Crippen molar-refractivity contribution in [3.05, 3.63) is 72.9 Å². The predicted molar refractivity (Wildman–Crippen MR) is 207 cm³/mol. The molecule has 0 bridgehead atoms. The van der Waals surface area contributed by atoms with Crippen molar-refractivity contribution in [1.82, 2.24) is 16.0 Å². The first kappa shape index (κ1) is 45.5. The predicted octanol–water partition coefficient (Wildman–Crippen LogP) is 7.40.